The van der Waals surface area contributed by atoms with Gasteiger partial charge in [0.05, 0.1) is 14.2 Å². The van der Waals surface area contributed by atoms with Crippen molar-refractivity contribution in [3.05, 3.63) is 65.2 Å². The van der Waals surface area contributed by atoms with Crippen molar-refractivity contribution < 1.29 is 23.8 Å². The Bertz CT molecular complexity index is 888. The fourth-order valence-electron chi connectivity index (χ4n) is 2.76. The molecule has 0 fully saturated rings. The second-order valence-electron chi connectivity index (χ2n) is 7.71. The van der Waals surface area contributed by atoms with E-state index in [0.29, 0.717) is 22.6 Å². The van der Waals surface area contributed by atoms with Gasteiger partial charge in [0.1, 0.15) is 11.5 Å². The highest BCUT2D eigenvalue weighted by atomic mass is 16.5. The fourth-order valence-corrected chi connectivity index (χ4v) is 2.76. The summed E-state index contributed by atoms with van der Waals surface area (Å²) in [6, 6.07) is 12.6. The largest absolute Gasteiger partial charge is 0.497 e. The van der Waals surface area contributed by atoms with Crippen molar-refractivity contribution in [2.45, 2.75) is 39.2 Å². The van der Waals surface area contributed by atoms with Gasteiger partial charge in [-0.25, -0.2) is 4.79 Å². The van der Waals surface area contributed by atoms with Crippen LogP contribution in [0.25, 0.3) is 6.08 Å². The molecule has 0 unspecified atom stereocenters. The Kier molecular flexibility index (Phi) is 7.21. The number of hydrogen-bond acceptors (Lipinski definition) is 5. The maximum Gasteiger partial charge on any atom is 0.331 e. The molecule has 5 nitrogen and oxygen atoms in total. The van der Waals surface area contributed by atoms with Crippen LogP contribution in [0.1, 0.15) is 49.2 Å². The second-order valence-corrected chi connectivity index (χ2v) is 7.71. The number of carbonyl (C=O) groups is 2. The first-order chi connectivity index (χ1) is 13.7. The summed E-state index contributed by atoms with van der Waals surface area (Å²) < 4.78 is 15.7. The average Bonchev–Trinajstić information content (AvgIpc) is 2.70. The molecule has 0 amide bonds. The van der Waals surface area contributed by atoms with Gasteiger partial charge in [-0.3, -0.25) is 4.79 Å². The number of rotatable bonds is 7. The Morgan fingerprint density at radius 1 is 0.966 bits per heavy atom. The smallest absolute Gasteiger partial charge is 0.331 e. The van der Waals surface area contributed by atoms with E-state index >= 15 is 0 Å². The van der Waals surface area contributed by atoms with Crippen LogP contribution in [-0.2, 0) is 14.9 Å². The van der Waals surface area contributed by atoms with Crippen molar-refractivity contribution in [3.63, 3.8) is 0 Å². The minimum atomic E-state index is -0.889. The Morgan fingerprint density at radius 2 is 1.62 bits per heavy atom. The maximum atomic E-state index is 12.6. The van der Waals surface area contributed by atoms with Crippen LogP contribution in [0.3, 0.4) is 0 Å². The molecule has 2 rings (SSSR count). The summed E-state index contributed by atoms with van der Waals surface area (Å²) in [5, 5.41) is 0. The van der Waals surface area contributed by atoms with Crippen LogP contribution in [0.15, 0.2) is 48.5 Å². The first-order valence-electron chi connectivity index (χ1n) is 9.41. The first-order valence-corrected chi connectivity index (χ1v) is 9.41. The summed E-state index contributed by atoms with van der Waals surface area (Å²) in [5.41, 5.74) is 2.32. The molecular weight excluding hydrogens is 368 g/mol. The molecule has 0 heterocycles. The maximum absolute atomic E-state index is 12.6. The standard InChI is InChI=1S/C24H28O5/c1-16(23(26)17-7-10-19(11-8-17)24(2,3)4)29-22(25)14-9-18-15-20(27-5)12-13-21(18)28-6/h7-16H,1-6H3/b14-9+/t16-/m0/s1. The van der Waals surface area contributed by atoms with Crippen LogP contribution in [0.4, 0.5) is 0 Å². The van der Waals surface area contributed by atoms with E-state index in [0.717, 1.165) is 5.56 Å². The molecular formula is C24H28O5. The zero-order valence-corrected chi connectivity index (χ0v) is 17.8. The summed E-state index contributed by atoms with van der Waals surface area (Å²) >= 11 is 0. The Morgan fingerprint density at radius 3 is 2.17 bits per heavy atom. The van der Waals surface area contributed by atoms with Crippen LogP contribution in [-0.4, -0.2) is 32.1 Å². The molecule has 0 bridgehead atoms. The number of ketones is 1. The van der Waals surface area contributed by atoms with E-state index in [-0.39, 0.29) is 11.2 Å². The fraction of sp³-hybridized carbons (Fsp3) is 0.333. The van der Waals surface area contributed by atoms with Crippen molar-refractivity contribution in [2.75, 3.05) is 14.2 Å². The van der Waals surface area contributed by atoms with Gasteiger partial charge in [-0.2, -0.15) is 0 Å². The van der Waals surface area contributed by atoms with Crippen molar-refractivity contribution in [2.24, 2.45) is 0 Å². The predicted octanol–water partition coefficient (Wildman–Crippen LogP) is 4.83. The molecule has 0 spiro atoms. The SMILES string of the molecule is COc1ccc(OC)c(/C=C/C(=O)O[C@@H](C)C(=O)c2ccc(C(C)(C)C)cc2)c1. The first kappa shape index (κ1) is 22.2. The molecule has 29 heavy (non-hydrogen) atoms. The molecule has 0 aliphatic heterocycles. The van der Waals surface area contributed by atoms with Crippen LogP contribution in [0.2, 0.25) is 0 Å². The number of Topliss-reactive ketones (excluding diaryl/α,β-unsaturated/α-hetero) is 1. The molecule has 0 saturated heterocycles. The number of esters is 1. The Hall–Kier alpha value is -3.08. The van der Waals surface area contributed by atoms with Crippen molar-refractivity contribution in [3.8, 4) is 11.5 Å². The molecule has 0 saturated carbocycles. The van der Waals surface area contributed by atoms with Gasteiger partial charge in [-0.05, 0) is 42.2 Å². The van der Waals surface area contributed by atoms with Crippen LogP contribution in [0.5, 0.6) is 11.5 Å². The summed E-state index contributed by atoms with van der Waals surface area (Å²) in [7, 11) is 3.11. The summed E-state index contributed by atoms with van der Waals surface area (Å²) in [5.74, 6) is 0.382. The lowest BCUT2D eigenvalue weighted by molar-refractivity contribution is -0.140. The molecule has 0 N–H and O–H groups in total. The zero-order valence-electron chi connectivity index (χ0n) is 17.8. The number of hydrogen-bond donors (Lipinski definition) is 0. The second kappa shape index (κ2) is 9.41. The molecule has 5 heteroatoms. The van der Waals surface area contributed by atoms with Crippen LogP contribution in [0, 0.1) is 0 Å². The third kappa shape index (κ3) is 5.95. The number of carbonyl (C=O) groups excluding carboxylic acids is 2. The van der Waals surface area contributed by atoms with Crippen molar-refractivity contribution >= 4 is 17.8 Å². The highest BCUT2D eigenvalue weighted by Gasteiger charge is 2.20. The van der Waals surface area contributed by atoms with Gasteiger partial charge in [0.25, 0.3) is 0 Å². The summed E-state index contributed by atoms with van der Waals surface area (Å²) in [6.45, 7) is 7.89. The van der Waals surface area contributed by atoms with Gasteiger partial charge >= 0.3 is 5.97 Å². The van der Waals surface area contributed by atoms with Gasteiger partial charge in [-0.15, -0.1) is 0 Å². The average molecular weight is 396 g/mol. The van der Waals surface area contributed by atoms with Crippen LogP contribution >= 0.6 is 0 Å². The van der Waals surface area contributed by atoms with E-state index in [9.17, 15) is 9.59 Å². The molecule has 0 aliphatic rings. The number of ether oxygens (including phenoxy) is 3. The molecule has 1 atom stereocenters. The molecule has 0 aromatic heterocycles. The lowest BCUT2D eigenvalue weighted by Gasteiger charge is -2.19. The molecule has 0 aliphatic carbocycles. The molecule has 0 radical (unpaired) electrons. The highest BCUT2D eigenvalue weighted by Crippen LogP contribution is 2.25. The summed E-state index contributed by atoms with van der Waals surface area (Å²) in [4.78, 5) is 24.7. The van der Waals surface area contributed by atoms with E-state index < -0.39 is 12.1 Å². The Labute approximate surface area is 172 Å². The summed E-state index contributed by atoms with van der Waals surface area (Å²) in [6.07, 6.45) is 1.95. The van der Waals surface area contributed by atoms with Gasteiger partial charge in [0, 0.05) is 17.2 Å². The molecule has 154 valence electrons. The predicted molar refractivity (Wildman–Crippen MR) is 114 cm³/mol. The molecule has 2 aromatic rings. The van der Waals surface area contributed by atoms with E-state index in [1.807, 2.05) is 12.1 Å². The quantitative estimate of drug-likeness (QED) is 0.381. The van der Waals surface area contributed by atoms with E-state index in [4.69, 9.17) is 14.2 Å². The topological polar surface area (TPSA) is 61.8 Å². The lowest BCUT2D eigenvalue weighted by Crippen LogP contribution is -2.23. The normalized spacial score (nSPS) is 12.5. The zero-order chi connectivity index (χ0) is 21.6. The van der Waals surface area contributed by atoms with E-state index in [1.54, 1.807) is 57.6 Å². The third-order valence-corrected chi connectivity index (χ3v) is 4.53. The van der Waals surface area contributed by atoms with Crippen molar-refractivity contribution in [1.29, 1.82) is 0 Å². The van der Waals surface area contributed by atoms with E-state index in [1.165, 1.54) is 6.08 Å². The Balaban J connectivity index is 2.05. The monoisotopic (exact) mass is 396 g/mol. The minimum absolute atomic E-state index is 0.00559. The molecule has 2 aromatic carbocycles. The van der Waals surface area contributed by atoms with E-state index in [2.05, 4.69) is 20.8 Å². The highest BCUT2D eigenvalue weighted by molar-refractivity contribution is 6.01. The van der Waals surface area contributed by atoms with Gasteiger partial charge in [0.15, 0.2) is 6.10 Å². The third-order valence-electron chi connectivity index (χ3n) is 4.53. The van der Waals surface area contributed by atoms with Gasteiger partial charge in [0.2, 0.25) is 5.78 Å². The lowest BCUT2D eigenvalue weighted by atomic mass is 9.86. The van der Waals surface area contributed by atoms with Gasteiger partial charge < -0.3 is 14.2 Å². The number of methoxy groups -OCH3 is 2. The van der Waals surface area contributed by atoms with Gasteiger partial charge in [-0.1, -0.05) is 45.0 Å². The van der Waals surface area contributed by atoms with Crippen molar-refractivity contribution in [1.82, 2.24) is 0 Å². The minimum Gasteiger partial charge on any atom is -0.497 e. The van der Waals surface area contributed by atoms with Crippen LogP contribution < -0.4 is 9.47 Å². The number of benzene rings is 2.